The molecule has 3 heteroatoms. The summed E-state index contributed by atoms with van der Waals surface area (Å²) >= 11 is 0. The lowest BCUT2D eigenvalue weighted by atomic mass is 9.69. The van der Waals surface area contributed by atoms with Crippen molar-refractivity contribution in [2.45, 2.75) is 129 Å². The third-order valence-electron chi connectivity index (χ3n) is 8.83. The van der Waals surface area contributed by atoms with Gasteiger partial charge in [-0.25, -0.2) is 0 Å². The van der Waals surface area contributed by atoms with E-state index in [0.717, 1.165) is 42.4 Å². The molecule has 3 aliphatic carbocycles. The van der Waals surface area contributed by atoms with Crippen molar-refractivity contribution in [1.29, 1.82) is 0 Å². The highest BCUT2D eigenvalue weighted by Gasteiger charge is 2.30. The van der Waals surface area contributed by atoms with E-state index in [9.17, 15) is 9.90 Å². The minimum atomic E-state index is -0.233. The number of carbonyl (C=O) groups excluding carboxylic acids is 1. The first-order valence-electron chi connectivity index (χ1n) is 14.0. The maximum Gasteiger partial charge on any atom is 0.147 e. The molecule has 0 saturated heterocycles. The van der Waals surface area contributed by atoms with E-state index in [1.807, 2.05) is 0 Å². The first-order chi connectivity index (χ1) is 15.5. The average Bonchev–Trinajstić information content (AvgIpc) is 2.84. The lowest BCUT2D eigenvalue weighted by molar-refractivity contribution is -0.105. The van der Waals surface area contributed by atoms with Gasteiger partial charge in [0.25, 0.3) is 0 Å². The topological polar surface area (TPSA) is 57.5 Å². The molecule has 3 nitrogen and oxygen atoms in total. The molecule has 0 aromatic carbocycles. The molecule has 0 unspecified atom stereocenters. The Labute approximate surface area is 198 Å². The Morgan fingerprint density at radius 2 is 1.19 bits per heavy atom. The summed E-state index contributed by atoms with van der Waals surface area (Å²) in [5.41, 5.74) is 0.218. The summed E-state index contributed by atoms with van der Waals surface area (Å²) in [6.45, 7) is 5.26. The summed E-state index contributed by atoms with van der Waals surface area (Å²) in [5, 5.41) is 17.7. The van der Waals surface area contributed by atoms with Crippen LogP contribution in [-0.4, -0.2) is 29.2 Å². The minimum absolute atomic E-state index is 0.0179. The van der Waals surface area contributed by atoms with E-state index in [1.165, 1.54) is 103 Å². The van der Waals surface area contributed by atoms with E-state index < -0.39 is 0 Å². The summed E-state index contributed by atoms with van der Waals surface area (Å²) < 4.78 is 0. The van der Waals surface area contributed by atoms with E-state index in [1.54, 1.807) is 0 Å². The lowest BCUT2D eigenvalue weighted by Gasteiger charge is -2.37. The second kappa shape index (κ2) is 16.0. The molecule has 3 aliphatic rings. The maximum atomic E-state index is 9.73. The van der Waals surface area contributed by atoms with Crippen LogP contribution in [0.1, 0.15) is 122 Å². The summed E-state index contributed by atoms with van der Waals surface area (Å²) in [6, 6.07) is 0. The van der Waals surface area contributed by atoms with E-state index in [0.29, 0.717) is 6.29 Å². The van der Waals surface area contributed by atoms with Gasteiger partial charge in [-0.15, -0.1) is 0 Å². The zero-order chi connectivity index (χ0) is 23.2. The van der Waals surface area contributed by atoms with E-state index in [-0.39, 0.29) is 18.3 Å². The number of aldehydes is 1. The molecule has 3 saturated carbocycles. The third-order valence-corrected chi connectivity index (χ3v) is 8.83. The zero-order valence-electron chi connectivity index (χ0n) is 21.0. The molecule has 0 amide bonds. The van der Waals surface area contributed by atoms with Crippen LogP contribution in [-0.2, 0) is 4.79 Å². The van der Waals surface area contributed by atoms with Crippen LogP contribution in [0.15, 0.2) is 12.2 Å². The molecular weight excluding hydrogens is 396 g/mol. The first kappa shape index (κ1) is 27.6. The lowest BCUT2D eigenvalue weighted by Crippen LogP contribution is -2.27. The fourth-order valence-corrected chi connectivity index (χ4v) is 6.52. The number of hydrogen-bond acceptors (Lipinski definition) is 3. The Morgan fingerprint density at radius 3 is 1.59 bits per heavy atom. The largest absolute Gasteiger partial charge is 0.393 e. The van der Waals surface area contributed by atoms with Gasteiger partial charge in [0.05, 0.1) is 12.7 Å². The number of rotatable bonds is 10. The standard InChI is InChI=1S/C25H46O.C4H6O2/c1-2-3-4-5-20-6-8-21(9-7-20)10-11-22-12-14-23(15-13-22)24-16-18-25(26)19-17-24;1-4(2-5)3-6/h20-26H,2-19H2,1H3;2,6H,1,3H2. The molecule has 0 bridgehead atoms. The summed E-state index contributed by atoms with van der Waals surface area (Å²) in [7, 11) is 0. The van der Waals surface area contributed by atoms with Crippen molar-refractivity contribution in [2.75, 3.05) is 6.61 Å². The van der Waals surface area contributed by atoms with Crippen molar-refractivity contribution >= 4 is 6.29 Å². The van der Waals surface area contributed by atoms with E-state index in [4.69, 9.17) is 5.11 Å². The van der Waals surface area contributed by atoms with Gasteiger partial charge in [0.1, 0.15) is 6.29 Å². The molecule has 186 valence electrons. The van der Waals surface area contributed by atoms with Crippen LogP contribution in [0.3, 0.4) is 0 Å². The second-order valence-electron chi connectivity index (χ2n) is 11.2. The summed E-state index contributed by atoms with van der Waals surface area (Å²) in [6.07, 6.45) is 26.3. The highest BCUT2D eigenvalue weighted by molar-refractivity contribution is 5.72. The number of aliphatic hydroxyl groups excluding tert-OH is 2. The monoisotopic (exact) mass is 448 g/mol. The maximum absolute atomic E-state index is 9.73. The van der Waals surface area contributed by atoms with Gasteiger partial charge >= 0.3 is 0 Å². The van der Waals surface area contributed by atoms with Gasteiger partial charge in [0.15, 0.2) is 0 Å². The van der Waals surface area contributed by atoms with Crippen LogP contribution in [0.5, 0.6) is 0 Å². The van der Waals surface area contributed by atoms with E-state index in [2.05, 4.69) is 13.5 Å². The third kappa shape index (κ3) is 10.5. The minimum Gasteiger partial charge on any atom is -0.393 e. The zero-order valence-corrected chi connectivity index (χ0v) is 21.0. The van der Waals surface area contributed by atoms with Gasteiger partial charge in [0, 0.05) is 5.57 Å². The average molecular weight is 449 g/mol. The van der Waals surface area contributed by atoms with Crippen LogP contribution in [0, 0.1) is 29.6 Å². The number of aliphatic hydroxyl groups is 2. The Kier molecular flexibility index (Phi) is 13.8. The number of hydrogen-bond donors (Lipinski definition) is 2. The number of carbonyl (C=O) groups is 1. The molecule has 0 atom stereocenters. The van der Waals surface area contributed by atoms with Crippen molar-refractivity contribution in [3.05, 3.63) is 12.2 Å². The van der Waals surface area contributed by atoms with Gasteiger partial charge in [-0.1, -0.05) is 90.6 Å². The molecule has 0 heterocycles. The molecule has 2 N–H and O–H groups in total. The van der Waals surface area contributed by atoms with Crippen LogP contribution in [0.25, 0.3) is 0 Å². The van der Waals surface area contributed by atoms with Crippen molar-refractivity contribution in [3.8, 4) is 0 Å². The van der Waals surface area contributed by atoms with Gasteiger partial charge in [-0.2, -0.15) is 0 Å². The highest BCUT2D eigenvalue weighted by atomic mass is 16.3. The molecular formula is C29H52O3. The fourth-order valence-electron chi connectivity index (χ4n) is 6.52. The van der Waals surface area contributed by atoms with Gasteiger partial charge in [0.2, 0.25) is 0 Å². The summed E-state index contributed by atoms with van der Waals surface area (Å²) in [5.74, 6) is 5.12. The Bertz CT molecular complexity index is 493. The second-order valence-corrected chi connectivity index (χ2v) is 11.2. The normalized spacial score (nSPS) is 33.1. The quantitative estimate of drug-likeness (QED) is 0.210. The van der Waals surface area contributed by atoms with Crippen molar-refractivity contribution in [3.63, 3.8) is 0 Å². The van der Waals surface area contributed by atoms with Gasteiger partial charge in [-0.3, -0.25) is 4.79 Å². The van der Waals surface area contributed by atoms with Crippen LogP contribution >= 0.6 is 0 Å². The van der Waals surface area contributed by atoms with Crippen molar-refractivity contribution in [1.82, 2.24) is 0 Å². The van der Waals surface area contributed by atoms with Crippen LogP contribution in [0.4, 0.5) is 0 Å². The SMILES string of the molecule is C=C(C=O)CO.CCCCCC1CCC(CCC2CCC(C3CCC(O)CC3)CC2)CC1. The van der Waals surface area contributed by atoms with Crippen molar-refractivity contribution < 1.29 is 15.0 Å². The summed E-state index contributed by atoms with van der Waals surface area (Å²) in [4.78, 5) is 9.48. The molecule has 0 aliphatic heterocycles. The molecule has 3 fully saturated rings. The molecule has 0 spiro atoms. The van der Waals surface area contributed by atoms with E-state index >= 15 is 0 Å². The predicted molar refractivity (Wildman–Crippen MR) is 135 cm³/mol. The van der Waals surface area contributed by atoms with Gasteiger partial charge < -0.3 is 10.2 Å². The molecule has 0 aromatic rings. The Balaban J connectivity index is 0.000000534. The molecule has 0 aromatic heterocycles. The van der Waals surface area contributed by atoms with Crippen molar-refractivity contribution in [2.24, 2.45) is 29.6 Å². The van der Waals surface area contributed by atoms with Crippen LogP contribution in [0.2, 0.25) is 0 Å². The molecule has 0 radical (unpaired) electrons. The van der Waals surface area contributed by atoms with Gasteiger partial charge in [-0.05, 0) is 68.1 Å². The predicted octanol–water partition coefficient (Wildman–Crippen LogP) is 7.24. The molecule has 3 rings (SSSR count). The Hall–Kier alpha value is -0.670. The fraction of sp³-hybridized carbons (Fsp3) is 0.897. The number of unbranched alkanes of at least 4 members (excludes halogenated alkanes) is 2. The Morgan fingerprint density at radius 1 is 0.750 bits per heavy atom. The first-order valence-corrected chi connectivity index (χ1v) is 14.0. The van der Waals surface area contributed by atoms with Crippen LogP contribution < -0.4 is 0 Å². The smallest absolute Gasteiger partial charge is 0.147 e. The molecule has 32 heavy (non-hydrogen) atoms. The highest BCUT2D eigenvalue weighted by Crippen LogP contribution is 2.42.